The van der Waals surface area contributed by atoms with Crippen molar-refractivity contribution in [2.24, 2.45) is 5.92 Å². The topological polar surface area (TPSA) is 58.3 Å². The Kier molecular flexibility index (Phi) is 5.26. The summed E-state index contributed by atoms with van der Waals surface area (Å²) in [6.45, 7) is 3.71. The SMILES string of the molecule is CC(C)(O)C1CCC(Nc2ccc3occ(-c4cccc(C(F)(F)F)c4)c3n2)CC1. The zero-order valence-corrected chi connectivity index (χ0v) is 17.0. The Morgan fingerprint density at radius 1 is 1.07 bits per heavy atom. The zero-order valence-electron chi connectivity index (χ0n) is 17.0. The molecule has 4 rings (SSSR count). The van der Waals surface area contributed by atoms with Crippen molar-refractivity contribution in [3.63, 3.8) is 0 Å². The molecule has 3 aromatic rings. The van der Waals surface area contributed by atoms with Gasteiger partial charge in [-0.3, -0.25) is 0 Å². The van der Waals surface area contributed by atoms with E-state index in [4.69, 9.17) is 4.42 Å². The molecule has 0 aliphatic heterocycles. The largest absolute Gasteiger partial charge is 0.462 e. The van der Waals surface area contributed by atoms with Gasteiger partial charge in [-0.25, -0.2) is 4.98 Å². The second-order valence-electron chi connectivity index (χ2n) is 8.62. The third-order valence-corrected chi connectivity index (χ3v) is 6.00. The summed E-state index contributed by atoms with van der Waals surface area (Å²) in [5.74, 6) is 0.955. The van der Waals surface area contributed by atoms with Crippen LogP contribution >= 0.6 is 0 Å². The first kappa shape index (κ1) is 20.7. The molecule has 0 amide bonds. The number of aromatic nitrogens is 1. The summed E-state index contributed by atoms with van der Waals surface area (Å²) in [4.78, 5) is 4.63. The van der Waals surface area contributed by atoms with Crippen LogP contribution in [-0.4, -0.2) is 21.7 Å². The minimum Gasteiger partial charge on any atom is -0.462 e. The quantitative estimate of drug-likeness (QED) is 0.525. The maximum atomic E-state index is 13.1. The average Bonchev–Trinajstić information content (AvgIpc) is 3.10. The second-order valence-corrected chi connectivity index (χ2v) is 8.62. The van der Waals surface area contributed by atoms with Gasteiger partial charge in [0.15, 0.2) is 5.58 Å². The Morgan fingerprint density at radius 2 is 1.80 bits per heavy atom. The van der Waals surface area contributed by atoms with Gasteiger partial charge in [-0.05, 0) is 75.3 Å². The summed E-state index contributed by atoms with van der Waals surface area (Å²) in [5.41, 5.74) is 0.637. The Bertz CT molecular complexity index is 1030. The molecule has 0 spiro atoms. The Balaban J connectivity index is 1.56. The van der Waals surface area contributed by atoms with Crippen molar-refractivity contribution in [3.05, 3.63) is 48.2 Å². The summed E-state index contributed by atoms with van der Waals surface area (Å²) in [5, 5.41) is 13.6. The molecule has 2 aromatic heterocycles. The fourth-order valence-electron chi connectivity index (χ4n) is 4.21. The molecule has 0 radical (unpaired) electrons. The van der Waals surface area contributed by atoms with Gasteiger partial charge in [0, 0.05) is 11.6 Å². The molecule has 4 nitrogen and oxygen atoms in total. The van der Waals surface area contributed by atoms with E-state index >= 15 is 0 Å². The fourth-order valence-corrected chi connectivity index (χ4v) is 4.21. The molecule has 1 saturated carbocycles. The van der Waals surface area contributed by atoms with Crippen LogP contribution in [0.25, 0.3) is 22.2 Å². The van der Waals surface area contributed by atoms with E-state index in [2.05, 4.69) is 10.3 Å². The van der Waals surface area contributed by atoms with Crippen molar-refractivity contribution in [2.45, 2.75) is 57.3 Å². The first-order chi connectivity index (χ1) is 14.1. The van der Waals surface area contributed by atoms with Gasteiger partial charge in [-0.15, -0.1) is 0 Å². The molecule has 2 heterocycles. The van der Waals surface area contributed by atoms with E-state index in [1.165, 1.54) is 12.3 Å². The van der Waals surface area contributed by atoms with E-state index < -0.39 is 17.3 Å². The molecule has 0 atom stereocenters. The highest BCUT2D eigenvalue weighted by Gasteiger charge is 2.32. The fraction of sp³-hybridized carbons (Fsp3) is 0.435. The van der Waals surface area contributed by atoms with Crippen LogP contribution in [0.4, 0.5) is 19.0 Å². The van der Waals surface area contributed by atoms with E-state index in [1.54, 1.807) is 12.1 Å². The number of benzene rings is 1. The summed E-state index contributed by atoms with van der Waals surface area (Å²) < 4.78 is 44.8. The Labute approximate surface area is 173 Å². The maximum absolute atomic E-state index is 13.1. The first-order valence-corrected chi connectivity index (χ1v) is 10.2. The molecule has 2 N–H and O–H groups in total. The lowest BCUT2D eigenvalue weighted by atomic mass is 9.77. The van der Waals surface area contributed by atoms with Gasteiger partial charge in [-0.1, -0.05) is 12.1 Å². The van der Waals surface area contributed by atoms with Gasteiger partial charge in [0.2, 0.25) is 0 Å². The smallest absolute Gasteiger partial charge is 0.416 e. The van der Waals surface area contributed by atoms with Gasteiger partial charge >= 0.3 is 6.18 Å². The number of fused-ring (bicyclic) bond motifs is 1. The molecular weight excluding hydrogens is 393 g/mol. The summed E-state index contributed by atoms with van der Waals surface area (Å²) >= 11 is 0. The van der Waals surface area contributed by atoms with Crippen LogP contribution in [0.5, 0.6) is 0 Å². The number of rotatable bonds is 4. The van der Waals surface area contributed by atoms with Crippen molar-refractivity contribution in [2.75, 3.05) is 5.32 Å². The lowest BCUT2D eigenvalue weighted by molar-refractivity contribution is -0.137. The third kappa shape index (κ3) is 4.31. The molecule has 1 aliphatic carbocycles. The summed E-state index contributed by atoms with van der Waals surface area (Å²) in [6, 6.07) is 9.03. The molecule has 1 aromatic carbocycles. The van der Waals surface area contributed by atoms with Crippen molar-refractivity contribution < 1.29 is 22.7 Å². The minimum absolute atomic E-state index is 0.248. The highest BCUT2D eigenvalue weighted by atomic mass is 19.4. The lowest BCUT2D eigenvalue weighted by Crippen LogP contribution is -2.37. The molecule has 160 valence electrons. The van der Waals surface area contributed by atoms with Crippen LogP contribution in [0.1, 0.15) is 45.1 Å². The van der Waals surface area contributed by atoms with Crippen LogP contribution in [0.15, 0.2) is 47.1 Å². The number of pyridine rings is 1. The first-order valence-electron chi connectivity index (χ1n) is 10.2. The van der Waals surface area contributed by atoms with Gasteiger partial charge in [0.05, 0.1) is 11.2 Å². The van der Waals surface area contributed by atoms with Crippen molar-refractivity contribution in [1.29, 1.82) is 0 Å². The number of hydrogen-bond acceptors (Lipinski definition) is 4. The average molecular weight is 418 g/mol. The van der Waals surface area contributed by atoms with E-state index in [9.17, 15) is 18.3 Å². The molecule has 0 saturated heterocycles. The summed E-state index contributed by atoms with van der Waals surface area (Å²) in [7, 11) is 0. The molecule has 30 heavy (non-hydrogen) atoms. The predicted molar refractivity (Wildman–Crippen MR) is 110 cm³/mol. The van der Waals surface area contributed by atoms with Crippen LogP contribution in [0, 0.1) is 5.92 Å². The monoisotopic (exact) mass is 418 g/mol. The van der Waals surface area contributed by atoms with Crippen molar-refractivity contribution in [3.8, 4) is 11.1 Å². The van der Waals surface area contributed by atoms with E-state index in [-0.39, 0.29) is 12.0 Å². The number of furan rings is 1. The third-order valence-electron chi connectivity index (χ3n) is 6.00. The van der Waals surface area contributed by atoms with E-state index in [1.807, 2.05) is 19.9 Å². The maximum Gasteiger partial charge on any atom is 0.416 e. The Hall–Kier alpha value is -2.54. The number of alkyl halides is 3. The van der Waals surface area contributed by atoms with Gasteiger partial charge in [0.25, 0.3) is 0 Å². The summed E-state index contributed by atoms with van der Waals surface area (Å²) in [6.07, 6.45) is 0.777. The number of nitrogens with zero attached hydrogens (tertiary/aromatic N) is 1. The predicted octanol–water partition coefficient (Wildman–Crippen LogP) is 6.26. The minimum atomic E-state index is -4.41. The van der Waals surface area contributed by atoms with Gasteiger partial charge in [-0.2, -0.15) is 13.2 Å². The van der Waals surface area contributed by atoms with E-state index in [0.717, 1.165) is 37.8 Å². The van der Waals surface area contributed by atoms with Crippen LogP contribution < -0.4 is 5.32 Å². The normalized spacial score (nSPS) is 20.5. The molecule has 1 aliphatic rings. The highest BCUT2D eigenvalue weighted by molar-refractivity contribution is 5.91. The molecule has 1 fully saturated rings. The van der Waals surface area contributed by atoms with Crippen LogP contribution in [0.2, 0.25) is 0 Å². The Morgan fingerprint density at radius 3 is 2.47 bits per heavy atom. The zero-order chi connectivity index (χ0) is 21.5. The number of anilines is 1. The highest BCUT2D eigenvalue weighted by Crippen LogP contribution is 2.36. The van der Waals surface area contributed by atoms with Gasteiger partial charge in [0.1, 0.15) is 17.6 Å². The number of hydrogen-bond donors (Lipinski definition) is 2. The second kappa shape index (κ2) is 7.61. The molecule has 7 heteroatoms. The van der Waals surface area contributed by atoms with Crippen LogP contribution in [-0.2, 0) is 6.18 Å². The number of halogens is 3. The van der Waals surface area contributed by atoms with Crippen molar-refractivity contribution >= 4 is 16.9 Å². The molecular formula is C23H25F3N2O2. The van der Waals surface area contributed by atoms with Crippen molar-refractivity contribution in [1.82, 2.24) is 4.98 Å². The number of nitrogens with one attached hydrogen (secondary N) is 1. The van der Waals surface area contributed by atoms with Gasteiger partial charge < -0.3 is 14.8 Å². The van der Waals surface area contributed by atoms with Crippen LogP contribution in [0.3, 0.4) is 0 Å². The molecule has 0 bridgehead atoms. The molecule has 0 unspecified atom stereocenters. The standard InChI is InChI=1S/C23H25F3N2O2/c1-22(2,29)15-6-8-17(9-7-15)27-20-11-10-19-21(28-20)18(13-30-19)14-4-3-5-16(12-14)23(24,25)26/h3-5,10-13,15,17,29H,6-9H2,1-2H3,(H,27,28). The number of aliphatic hydroxyl groups is 1. The van der Waals surface area contributed by atoms with E-state index in [0.29, 0.717) is 28.0 Å². The lowest BCUT2D eigenvalue weighted by Gasteiger charge is -2.36.